The van der Waals surface area contributed by atoms with Gasteiger partial charge in [-0.15, -0.1) is 0 Å². The zero-order chi connectivity index (χ0) is 21.9. The molecule has 0 radical (unpaired) electrons. The van der Waals surface area contributed by atoms with E-state index in [1.165, 1.54) is 31.4 Å². The first-order chi connectivity index (χ1) is 14.4. The van der Waals surface area contributed by atoms with Crippen molar-refractivity contribution in [3.05, 3.63) is 47.7 Å². The Morgan fingerprint density at radius 1 is 0.933 bits per heavy atom. The molecule has 2 aromatic rings. The van der Waals surface area contributed by atoms with E-state index in [1.54, 1.807) is 18.3 Å². The molecule has 0 spiro atoms. The first-order valence-electron chi connectivity index (χ1n) is 11.1. The van der Waals surface area contributed by atoms with Gasteiger partial charge in [-0.2, -0.15) is 4.39 Å². The average Bonchev–Trinajstić information content (AvgIpc) is 2.74. The fraction of sp³-hybridized carbons (Fsp3) is 0.560. The van der Waals surface area contributed by atoms with E-state index < -0.39 is 17.8 Å². The summed E-state index contributed by atoms with van der Waals surface area (Å²) in [7, 11) is 0. The summed E-state index contributed by atoms with van der Waals surface area (Å²) in [4.78, 5) is 4.24. The van der Waals surface area contributed by atoms with Crippen LogP contribution in [0.2, 0.25) is 0 Å². The van der Waals surface area contributed by atoms with Crippen molar-refractivity contribution in [2.45, 2.75) is 78.3 Å². The highest BCUT2D eigenvalue weighted by Crippen LogP contribution is 2.29. The summed E-state index contributed by atoms with van der Waals surface area (Å²) >= 11 is 0. The third-order valence-corrected chi connectivity index (χ3v) is 5.34. The van der Waals surface area contributed by atoms with E-state index >= 15 is 0 Å². The molecule has 30 heavy (non-hydrogen) atoms. The second kappa shape index (κ2) is 12.6. The van der Waals surface area contributed by atoms with E-state index in [0.717, 1.165) is 24.8 Å². The number of hydrogen-bond donors (Lipinski definition) is 0. The second-order valence-electron chi connectivity index (χ2n) is 8.21. The molecule has 1 atom stereocenters. The van der Waals surface area contributed by atoms with Crippen molar-refractivity contribution in [3.63, 3.8) is 0 Å². The number of aryl methyl sites for hydroxylation is 1. The number of alkyl halides is 1. The van der Waals surface area contributed by atoms with Gasteiger partial charge in [0.1, 0.15) is 6.17 Å². The molecule has 1 heterocycles. The van der Waals surface area contributed by atoms with E-state index in [9.17, 15) is 13.2 Å². The smallest absolute Gasteiger partial charge is 0.201 e. The molecule has 0 aliphatic rings. The largest absolute Gasteiger partial charge is 0.490 e. The van der Waals surface area contributed by atoms with Crippen LogP contribution in [-0.4, -0.2) is 17.8 Å². The summed E-state index contributed by atoms with van der Waals surface area (Å²) in [5, 5.41) is 0. The number of unbranched alkanes of at least 4 members (excludes halogenated alkanes) is 5. The van der Waals surface area contributed by atoms with Crippen molar-refractivity contribution in [3.8, 4) is 17.0 Å². The Morgan fingerprint density at radius 3 is 2.33 bits per heavy atom. The van der Waals surface area contributed by atoms with Crippen molar-refractivity contribution >= 4 is 0 Å². The number of halogens is 3. The zero-order valence-corrected chi connectivity index (χ0v) is 18.4. The average molecular weight is 422 g/mol. The Balaban J connectivity index is 1.93. The Bertz CT molecular complexity index is 762. The van der Waals surface area contributed by atoms with Crippen LogP contribution in [0.15, 0.2) is 30.5 Å². The molecule has 0 N–H and O–H groups in total. The van der Waals surface area contributed by atoms with Crippen molar-refractivity contribution in [2.75, 3.05) is 6.61 Å². The van der Waals surface area contributed by atoms with E-state index in [-0.39, 0.29) is 17.2 Å². The molecule has 0 amide bonds. The molecule has 0 saturated heterocycles. The van der Waals surface area contributed by atoms with Gasteiger partial charge in [0, 0.05) is 11.8 Å². The highest BCUT2D eigenvalue weighted by molar-refractivity contribution is 5.61. The molecule has 0 aliphatic heterocycles. The molecule has 1 aromatic carbocycles. The van der Waals surface area contributed by atoms with Gasteiger partial charge < -0.3 is 4.74 Å². The summed E-state index contributed by atoms with van der Waals surface area (Å²) < 4.78 is 48.2. The number of hydrogen-bond acceptors (Lipinski definition) is 2. The van der Waals surface area contributed by atoms with Gasteiger partial charge in [-0.25, -0.2) is 8.78 Å². The third kappa shape index (κ3) is 7.33. The van der Waals surface area contributed by atoms with Gasteiger partial charge in [-0.05, 0) is 48.9 Å². The Kier molecular flexibility index (Phi) is 10.2. The van der Waals surface area contributed by atoms with Gasteiger partial charge in [0.2, 0.25) is 5.82 Å². The number of nitrogens with zero attached hydrogens (tertiary/aromatic N) is 1. The van der Waals surface area contributed by atoms with Crippen molar-refractivity contribution in [1.29, 1.82) is 0 Å². The number of benzene rings is 1. The van der Waals surface area contributed by atoms with Gasteiger partial charge >= 0.3 is 0 Å². The maximum absolute atomic E-state index is 14.6. The summed E-state index contributed by atoms with van der Waals surface area (Å²) in [5.74, 6) is -2.03. The van der Waals surface area contributed by atoms with Gasteiger partial charge in [-0.1, -0.05) is 58.9 Å². The van der Waals surface area contributed by atoms with Crippen LogP contribution in [-0.2, 0) is 6.42 Å². The third-order valence-electron chi connectivity index (χ3n) is 5.34. The first kappa shape index (κ1) is 24.2. The molecular formula is C25H34F3NO. The normalized spacial score (nSPS) is 12.4. The van der Waals surface area contributed by atoms with Crippen LogP contribution in [0.3, 0.4) is 0 Å². The van der Waals surface area contributed by atoms with E-state index in [1.807, 2.05) is 13.8 Å². The minimum absolute atomic E-state index is 0.0175. The monoisotopic (exact) mass is 421 g/mol. The Labute approximate surface area is 178 Å². The minimum Gasteiger partial charge on any atom is -0.490 e. The lowest BCUT2D eigenvalue weighted by Crippen LogP contribution is -2.10. The van der Waals surface area contributed by atoms with Gasteiger partial charge in [-0.3, -0.25) is 4.98 Å². The number of rotatable bonds is 13. The van der Waals surface area contributed by atoms with Crippen LogP contribution < -0.4 is 4.74 Å². The van der Waals surface area contributed by atoms with Gasteiger partial charge in [0.15, 0.2) is 11.6 Å². The molecular weight excluding hydrogens is 387 g/mol. The van der Waals surface area contributed by atoms with Crippen LogP contribution in [0.4, 0.5) is 13.2 Å². The number of pyridine rings is 1. The molecule has 1 aromatic heterocycles. The Morgan fingerprint density at radius 2 is 1.67 bits per heavy atom. The highest BCUT2D eigenvalue weighted by Gasteiger charge is 2.17. The highest BCUT2D eigenvalue weighted by atomic mass is 19.2. The predicted molar refractivity (Wildman–Crippen MR) is 117 cm³/mol. The first-order valence-corrected chi connectivity index (χ1v) is 11.1. The molecule has 166 valence electrons. The predicted octanol–water partition coefficient (Wildman–Crippen LogP) is 7.69. The summed E-state index contributed by atoms with van der Waals surface area (Å²) in [6.07, 6.45) is 8.34. The lowest BCUT2D eigenvalue weighted by molar-refractivity contribution is 0.240. The maximum Gasteiger partial charge on any atom is 0.201 e. The van der Waals surface area contributed by atoms with Crippen LogP contribution in [0.5, 0.6) is 5.75 Å². The van der Waals surface area contributed by atoms with E-state index in [2.05, 4.69) is 11.9 Å². The van der Waals surface area contributed by atoms with Gasteiger partial charge in [0.25, 0.3) is 0 Å². The molecule has 0 fully saturated rings. The summed E-state index contributed by atoms with van der Waals surface area (Å²) in [6.45, 7) is 6.25. The van der Waals surface area contributed by atoms with Crippen LogP contribution in [0, 0.1) is 17.6 Å². The summed E-state index contributed by atoms with van der Waals surface area (Å²) in [5.41, 5.74) is 1.32. The van der Waals surface area contributed by atoms with Crippen LogP contribution in [0.25, 0.3) is 11.3 Å². The molecule has 0 aliphatic carbocycles. The summed E-state index contributed by atoms with van der Waals surface area (Å²) in [6, 6.07) is 6.38. The topological polar surface area (TPSA) is 22.1 Å². The second-order valence-corrected chi connectivity index (χ2v) is 8.21. The fourth-order valence-electron chi connectivity index (χ4n) is 3.28. The molecule has 0 bridgehead atoms. The van der Waals surface area contributed by atoms with Crippen molar-refractivity contribution < 1.29 is 17.9 Å². The van der Waals surface area contributed by atoms with Crippen LogP contribution in [0.1, 0.15) is 71.3 Å². The number of ether oxygens (including phenoxy) is 1. The molecule has 5 heteroatoms. The van der Waals surface area contributed by atoms with Crippen molar-refractivity contribution in [2.24, 2.45) is 5.92 Å². The fourth-order valence-corrected chi connectivity index (χ4v) is 3.28. The lowest BCUT2D eigenvalue weighted by Gasteiger charge is -2.12. The van der Waals surface area contributed by atoms with Gasteiger partial charge in [0.05, 0.1) is 12.3 Å². The SMILES string of the molecule is CCCCCCCCOc1ccc(-c2ccc(CCC(F)C(C)C)cn2)c(F)c1F. The lowest BCUT2D eigenvalue weighted by atomic mass is 10.0. The van der Waals surface area contributed by atoms with Crippen LogP contribution >= 0.6 is 0 Å². The van der Waals surface area contributed by atoms with Crippen molar-refractivity contribution in [1.82, 2.24) is 4.98 Å². The maximum atomic E-state index is 14.6. The minimum atomic E-state index is -0.985. The quantitative estimate of drug-likeness (QED) is 0.309. The Hall–Kier alpha value is -2.04. The zero-order valence-electron chi connectivity index (χ0n) is 18.4. The molecule has 1 unspecified atom stereocenters. The van der Waals surface area contributed by atoms with E-state index in [4.69, 9.17) is 4.74 Å². The van der Waals surface area contributed by atoms with E-state index in [0.29, 0.717) is 25.1 Å². The molecule has 0 saturated carbocycles. The number of aromatic nitrogens is 1. The molecule has 2 nitrogen and oxygen atoms in total. The standard InChI is InChI=1S/C25H34F3NO/c1-4-5-6-7-8-9-16-30-23-15-12-20(24(27)25(23)28)22-14-11-19(17-29-22)10-13-21(26)18(2)3/h11-12,14-15,17-18,21H,4-10,13,16H2,1-3H3. The molecule has 2 rings (SSSR count).